The van der Waals surface area contributed by atoms with Gasteiger partial charge in [0.2, 0.25) is 0 Å². The van der Waals surface area contributed by atoms with Crippen LogP contribution >= 0.6 is 0 Å². The summed E-state index contributed by atoms with van der Waals surface area (Å²) in [6.45, 7) is 20.4. The summed E-state index contributed by atoms with van der Waals surface area (Å²) in [5, 5.41) is 0.237. The first-order chi connectivity index (χ1) is 6.87. The van der Waals surface area contributed by atoms with Crippen LogP contribution in [0.3, 0.4) is 0 Å². The maximum Gasteiger partial charge on any atom is 0.306 e. The molecule has 0 aromatic heterocycles. The molecule has 2 nitrogen and oxygen atoms in total. The predicted octanol–water partition coefficient (Wildman–Crippen LogP) is 4.10. The third-order valence-corrected chi connectivity index (χ3v) is 11.5. The lowest BCUT2D eigenvalue weighted by Gasteiger charge is -2.39. The first-order valence-corrected chi connectivity index (χ1v) is 14.6. The Morgan fingerprint density at radius 1 is 0.875 bits per heavy atom. The van der Waals surface area contributed by atoms with Crippen molar-refractivity contribution in [2.75, 3.05) is 0 Å². The summed E-state index contributed by atoms with van der Waals surface area (Å²) in [6.07, 6.45) is 1.14. The fourth-order valence-corrected chi connectivity index (χ4v) is 9.80. The molecule has 0 aliphatic heterocycles. The SMILES string of the molecule is CCC(C)(C)[SiH](O[Si](C)(C)C)O[Si](C)(C)C. The summed E-state index contributed by atoms with van der Waals surface area (Å²) < 4.78 is 12.7. The molecular formula is C11H30O2Si3. The van der Waals surface area contributed by atoms with Gasteiger partial charge in [0.05, 0.1) is 0 Å². The molecular weight excluding hydrogens is 248 g/mol. The van der Waals surface area contributed by atoms with Crippen LogP contribution in [0, 0.1) is 0 Å². The molecule has 98 valence electrons. The van der Waals surface area contributed by atoms with Gasteiger partial charge in [0, 0.05) is 5.04 Å². The van der Waals surface area contributed by atoms with E-state index >= 15 is 0 Å². The molecule has 0 bridgehead atoms. The highest BCUT2D eigenvalue weighted by atomic mass is 28.4. The maximum atomic E-state index is 6.36. The van der Waals surface area contributed by atoms with E-state index in [9.17, 15) is 0 Å². The van der Waals surface area contributed by atoms with Crippen molar-refractivity contribution < 1.29 is 8.23 Å². The van der Waals surface area contributed by atoms with E-state index < -0.39 is 25.9 Å². The first-order valence-electron chi connectivity index (χ1n) is 6.23. The Morgan fingerprint density at radius 2 is 1.19 bits per heavy atom. The van der Waals surface area contributed by atoms with Gasteiger partial charge in [-0.2, -0.15) is 0 Å². The summed E-state index contributed by atoms with van der Waals surface area (Å²) in [4.78, 5) is 0. The molecule has 0 N–H and O–H groups in total. The molecule has 0 aliphatic carbocycles. The van der Waals surface area contributed by atoms with Crippen molar-refractivity contribution in [3.8, 4) is 0 Å². The van der Waals surface area contributed by atoms with Crippen molar-refractivity contribution in [1.29, 1.82) is 0 Å². The van der Waals surface area contributed by atoms with Crippen LogP contribution in [0.15, 0.2) is 0 Å². The van der Waals surface area contributed by atoms with E-state index in [4.69, 9.17) is 8.23 Å². The van der Waals surface area contributed by atoms with Gasteiger partial charge in [0.15, 0.2) is 16.6 Å². The molecule has 0 radical (unpaired) electrons. The quantitative estimate of drug-likeness (QED) is 0.681. The molecule has 0 saturated heterocycles. The Morgan fingerprint density at radius 3 is 1.38 bits per heavy atom. The van der Waals surface area contributed by atoms with E-state index in [1.807, 2.05) is 0 Å². The van der Waals surface area contributed by atoms with Crippen molar-refractivity contribution in [2.45, 2.75) is 71.5 Å². The lowest BCUT2D eigenvalue weighted by atomic mass is 10.1. The largest absolute Gasteiger partial charge is 0.438 e. The third-order valence-electron chi connectivity index (χ3n) is 2.47. The third kappa shape index (κ3) is 7.01. The van der Waals surface area contributed by atoms with Crippen LogP contribution < -0.4 is 0 Å². The maximum absolute atomic E-state index is 6.36. The summed E-state index contributed by atoms with van der Waals surface area (Å²) in [6, 6.07) is 0. The number of hydrogen-bond acceptors (Lipinski definition) is 2. The average molecular weight is 279 g/mol. The molecule has 0 heterocycles. The van der Waals surface area contributed by atoms with Gasteiger partial charge >= 0.3 is 9.28 Å². The molecule has 0 amide bonds. The normalized spacial score (nSPS) is 14.6. The minimum atomic E-state index is -1.57. The molecule has 0 aliphatic rings. The van der Waals surface area contributed by atoms with E-state index in [-0.39, 0.29) is 5.04 Å². The average Bonchev–Trinajstić information content (AvgIpc) is 1.97. The van der Waals surface area contributed by atoms with E-state index in [1.165, 1.54) is 0 Å². The van der Waals surface area contributed by atoms with Gasteiger partial charge in [-0.15, -0.1) is 0 Å². The van der Waals surface area contributed by atoms with Crippen LogP contribution in [0.5, 0.6) is 0 Å². The van der Waals surface area contributed by atoms with Gasteiger partial charge in [0.25, 0.3) is 0 Å². The van der Waals surface area contributed by atoms with E-state index in [1.54, 1.807) is 0 Å². The van der Waals surface area contributed by atoms with Gasteiger partial charge in [-0.25, -0.2) is 0 Å². The monoisotopic (exact) mass is 278 g/mol. The van der Waals surface area contributed by atoms with Crippen LogP contribution in [0.2, 0.25) is 44.3 Å². The fraction of sp³-hybridized carbons (Fsp3) is 1.00. The zero-order chi connectivity index (χ0) is 13.2. The Labute approximate surface area is 106 Å². The standard InChI is InChI=1S/C11H30O2Si3/c1-10-11(2,3)14(12-15(4,5)6)13-16(7,8)9/h14H,10H2,1-9H3. The van der Waals surface area contributed by atoms with Crippen LogP contribution in [0.4, 0.5) is 0 Å². The van der Waals surface area contributed by atoms with Crippen LogP contribution in [0.25, 0.3) is 0 Å². The number of hydrogen-bond donors (Lipinski definition) is 0. The molecule has 16 heavy (non-hydrogen) atoms. The van der Waals surface area contributed by atoms with Gasteiger partial charge in [-0.3, -0.25) is 0 Å². The van der Waals surface area contributed by atoms with Gasteiger partial charge in [-0.05, 0) is 45.7 Å². The highest BCUT2D eigenvalue weighted by molar-refractivity contribution is 6.81. The minimum absolute atomic E-state index is 0.237. The molecule has 5 heteroatoms. The number of rotatable bonds is 6. The van der Waals surface area contributed by atoms with Gasteiger partial charge in [0.1, 0.15) is 0 Å². The Hall–Kier alpha value is 0.571. The van der Waals surface area contributed by atoms with Crippen LogP contribution in [-0.2, 0) is 8.23 Å². The zero-order valence-corrected chi connectivity index (χ0v) is 15.8. The highest BCUT2D eigenvalue weighted by Crippen LogP contribution is 2.36. The topological polar surface area (TPSA) is 18.5 Å². The van der Waals surface area contributed by atoms with Gasteiger partial charge in [-0.1, -0.05) is 20.8 Å². The Kier molecular flexibility index (Phi) is 5.67. The second kappa shape index (κ2) is 5.48. The highest BCUT2D eigenvalue weighted by Gasteiger charge is 2.39. The second-order valence-corrected chi connectivity index (χ2v) is 19.7. The van der Waals surface area contributed by atoms with Crippen LogP contribution in [-0.4, -0.2) is 25.9 Å². The van der Waals surface area contributed by atoms with Crippen molar-refractivity contribution in [2.24, 2.45) is 0 Å². The summed E-state index contributed by atoms with van der Waals surface area (Å²) in [7, 11) is -4.54. The molecule has 0 spiro atoms. The lowest BCUT2D eigenvalue weighted by Crippen LogP contribution is -2.48. The van der Waals surface area contributed by atoms with Crippen LogP contribution in [0.1, 0.15) is 27.2 Å². The summed E-state index contributed by atoms with van der Waals surface area (Å²) in [5.74, 6) is 0. The van der Waals surface area contributed by atoms with Crippen molar-refractivity contribution in [3.63, 3.8) is 0 Å². The molecule has 0 unspecified atom stereocenters. The smallest absolute Gasteiger partial charge is 0.306 e. The second-order valence-electron chi connectivity index (χ2n) is 7.13. The summed E-state index contributed by atoms with van der Waals surface area (Å²) in [5.41, 5.74) is 0. The molecule has 0 atom stereocenters. The summed E-state index contributed by atoms with van der Waals surface area (Å²) >= 11 is 0. The van der Waals surface area contributed by atoms with E-state index in [0.717, 1.165) is 6.42 Å². The van der Waals surface area contributed by atoms with Crippen molar-refractivity contribution in [1.82, 2.24) is 0 Å². The Bertz CT molecular complexity index is 200. The predicted molar refractivity (Wildman–Crippen MR) is 80.3 cm³/mol. The minimum Gasteiger partial charge on any atom is -0.438 e. The van der Waals surface area contributed by atoms with Crippen molar-refractivity contribution >= 4 is 25.9 Å². The lowest BCUT2D eigenvalue weighted by molar-refractivity contribution is 0.361. The fourth-order valence-electron chi connectivity index (χ4n) is 1.15. The molecule has 0 fully saturated rings. The van der Waals surface area contributed by atoms with Crippen molar-refractivity contribution in [3.05, 3.63) is 0 Å². The first kappa shape index (κ1) is 16.6. The zero-order valence-electron chi connectivity index (χ0n) is 12.6. The Balaban J connectivity index is 4.79. The van der Waals surface area contributed by atoms with E-state index in [0.29, 0.717) is 0 Å². The van der Waals surface area contributed by atoms with E-state index in [2.05, 4.69) is 60.1 Å². The van der Waals surface area contributed by atoms with Gasteiger partial charge < -0.3 is 8.23 Å². The molecule has 0 saturated carbocycles. The molecule has 0 aromatic carbocycles. The molecule has 0 rings (SSSR count). The molecule has 0 aromatic rings.